The number of nitrogens with zero attached hydrogens (tertiary/aromatic N) is 2. The molecule has 0 aromatic heterocycles. The molecule has 0 unspecified atom stereocenters. The van der Waals surface area contributed by atoms with E-state index in [9.17, 15) is 13.2 Å². The van der Waals surface area contributed by atoms with Gasteiger partial charge in [-0.15, -0.1) is 0 Å². The molecule has 0 saturated carbocycles. The first-order chi connectivity index (χ1) is 14.9. The van der Waals surface area contributed by atoms with Gasteiger partial charge in [-0.25, -0.2) is 8.42 Å². The van der Waals surface area contributed by atoms with Crippen LogP contribution in [0.2, 0.25) is 10.0 Å². The van der Waals surface area contributed by atoms with Gasteiger partial charge in [-0.2, -0.15) is 4.31 Å². The predicted octanol–water partition coefficient (Wildman–Crippen LogP) is 3.87. The maximum Gasteiger partial charge on any atom is 0.257 e. The average Bonchev–Trinajstić information content (AvgIpc) is 3.30. The molecule has 0 aliphatic carbocycles. The fraction of sp³-hybridized carbons (Fsp3) is 0.381. The van der Waals surface area contributed by atoms with E-state index in [1.807, 2.05) is 0 Å². The summed E-state index contributed by atoms with van der Waals surface area (Å²) in [5, 5.41) is 3.51. The smallest absolute Gasteiger partial charge is 0.257 e. The van der Waals surface area contributed by atoms with Gasteiger partial charge in [-0.05, 0) is 49.2 Å². The van der Waals surface area contributed by atoms with Crippen LogP contribution in [0.5, 0.6) is 0 Å². The lowest BCUT2D eigenvalue weighted by Gasteiger charge is -2.27. The maximum atomic E-state index is 13.1. The Bertz CT molecular complexity index is 1080. The Hall–Kier alpha value is -1.84. The molecule has 10 heteroatoms. The number of morpholine rings is 1. The van der Waals surface area contributed by atoms with E-state index in [0.717, 1.165) is 31.6 Å². The van der Waals surface area contributed by atoms with Crippen molar-refractivity contribution in [3.63, 3.8) is 0 Å². The van der Waals surface area contributed by atoms with E-state index in [2.05, 4.69) is 10.2 Å². The van der Waals surface area contributed by atoms with Crippen LogP contribution in [-0.4, -0.2) is 58.0 Å². The molecule has 4 rings (SSSR count). The summed E-state index contributed by atoms with van der Waals surface area (Å²) in [6.07, 6.45) is 2.09. The number of carbonyl (C=O) groups excluding carboxylic acids is 1. The van der Waals surface area contributed by atoms with E-state index in [4.69, 9.17) is 27.9 Å². The number of ether oxygens (including phenoxy) is 1. The molecule has 7 nitrogen and oxygen atoms in total. The first-order valence-electron chi connectivity index (χ1n) is 10.1. The molecular formula is C21H23Cl2N3O4S. The lowest BCUT2D eigenvalue weighted by Crippen LogP contribution is -2.40. The van der Waals surface area contributed by atoms with Crippen molar-refractivity contribution in [2.75, 3.05) is 49.6 Å². The van der Waals surface area contributed by atoms with E-state index in [1.54, 1.807) is 24.3 Å². The highest BCUT2D eigenvalue weighted by Crippen LogP contribution is 2.33. The summed E-state index contributed by atoms with van der Waals surface area (Å²) in [5.74, 6) is -0.450. The molecule has 31 heavy (non-hydrogen) atoms. The highest BCUT2D eigenvalue weighted by molar-refractivity contribution is 7.89. The number of anilines is 2. The number of hydrogen-bond acceptors (Lipinski definition) is 5. The summed E-state index contributed by atoms with van der Waals surface area (Å²) >= 11 is 12.2. The summed E-state index contributed by atoms with van der Waals surface area (Å²) in [7, 11) is -3.70. The number of sulfonamides is 1. The zero-order valence-corrected chi connectivity index (χ0v) is 19.1. The molecular weight excluding hydrogens is 461 g/mol. The second kappa shape index (κ2) is 9.34. The monoisotopic (exact) mass is 483 g/mol. The standard InChI is InChI=1S/C21H23Cl2N3O4S/c22-15-3-5-18(23)17(13-15)21(27)24-19-14-16(4-6-20(19)25-7-1-2-8-25)31(28,29)26-9-11-30-12-10-26/h3-6,13-14H,1-2,7-12H2,(H,24,27). The molecule has 2 heterocycles. The van der Waals surface area contributed by atoms with Crippen molar-refractivity contribution in [2.24, 2.45) is 0 Å². The Morgan fingerprint density at radius 3 is 2.39 bits per heavy atom. The number of halogens is 2. The fourth-order valence-electron chi connectivity index (χ4n) is 3.81. The van der Waals surface area contributed by atoms with Crippen LogP contribution in [-0.2, 0) is 14.8 Å². The number of carbonyl (C=O) groups is 1. The van der Waals surface area contributed by atoms with E-state index < -0.39 is 15.9 Å². The van der Waals surface area contributed by atoms with Crippen LogP contribution < -0.4 is 10.2 Å². The molecule has 2 saturated heterocycles. The molecule has 1 N–H and O–H groups in total. The molecule has 0 radical (unpaired) electrons. The highest BCUT2D eigenvalue weighted by Gasteiger charge is 2.28. The molecule has 0 atom stereocenters. The zero-order chi connectivity index (χ0) is 22.0. The van der Waals surface area contributed by atoms with Gasteiger partial charge >= 0.3 is 0 Å². The van der Waals surface area contributed by atoms with Gasteiger partial charge in [0.1, 0.15) is 0 Å². The van der Waals surface area contributed by atoms with Crippen LogP contribution in [0, 0.1) is 0 Å². The number of nitrogens with one attached hydrogen (secondary N) is 1. The average molecular weight is 484 g/mol. The van der Waals surface area contributed by atoms with Gasteiger partial charge in [0.2, 0.25) is 10.0 Å². The summed E-state index contributed by atoms with van der Waals surface area (Å²) in [6.45, 7) is 3.02. The molecule has 2 aromatic rings. The van der Waals surface area contributed by atoms with Gasteiger partial charge < -0.3 is 15.0 Å². The molecule has 166 valence electrons. The maximum absolute atomic E-state index is 13.1. The minimum absolute atomic E-state index is 0.129. The number of rotatable bonds is 5. The fourth-order valence-corrected chi connectivity index (χ4v) is 5.62. The van der Waals surface area contributed by atoms with Crippen molar-refractivity contribution < 1.29 is 17.9 Å². The first kappa shape index (κ1) is 22.4. The lowest BCUT2D eigenvalue weighted by molar-refractivity contribution is 0.0730. The van der Waals surface area contributed by atoms with Gasteiger partial charge in [0.15, 0.2) is 0 Å². The quantitative estimate of drug-likeness (QED) is 0.698. The Kier molecular flexibility index (Phi) is 6.74. The van der Waals surface area contributed by atoms with Crippen LogP contribution in [0.25, 0.3) is 0 Å². The molecule has 2 aliphatic heterocycles. The zero-order valence-electron chi connectivity index (χ0n) is 16.8. The minimum Gasteiger partial charge on any atom is -0.379 e. The molecule has 2 fully saturated rings. The van der Waals surface area contributed by atoms with Crippen molar-refractivity contribution in [1.29, 1.82) is 0 Å². The molecule has 0 bridgehead atoms. The minimum atomic E-state index is -3.70. The SMILES string of the molecule is O=C(Nc1cc(S(=O)(=O)N2CCOCC2)ccc1N1CCCC1)c1cc(Cl)ccc1Cl. The van der Waals surface area contributed by atoms with Crippen LogP contribution >= 0.6 is 23.2 Å². The van der Waals surface area contributed by atoms with Crippen LogP contribution in [0.3, 0.4) is 0 Å². The topological polar surface area (TPSA) is 79.0 Å². The Labute approximate surface area is 191 Å². The third-order valence-electron chi connectivity index (χ3n) is 5.44. The van der Waals surface area contributed by atoms with Gasteiger partial charge in [0, 0.05) is 31.2 Å². The highest BCUT2D eigenvalue weighted by atomic mass is 35.5. The molecule has 0 spiro atoms. The molecule has 2 aliphatic rings. The van der Waals surface area contributed by atoms with Crippen LogP contribution in [0.4, 0.5) is 11.4 Å². The van der Waals surface area contributed by atoms with Crippen molar-refractivity contribution in [2.45, 2.75) is 17.7 Å². The third-order valence-corrected chi connectivity index (χ3v) is 7.90. The van der Waals surface area contributed by atoms with Crippen molar-refractivity contribution in [3.8, 4) is 0 Å². The van der Waals surface area contributed by atoms with E-state index in [1.165, 1.54) is 16.4 Å². The first-order valence-corrected chi connectivity index (χ1v) is 12.3. The molecule has 2 aromatic carbocycles. The number of benzene rings is 2. The van der Waals surface area contributed by atoms with E-state index >= 15 is 0 Å². The van der Waals surface area contributed by atoms with Gasteiger partial charge in [-0.1, -0.05) is 23.2 Å². The van der Waals surface area contributed by atoms with E-state index in [0.29, 0.717) is 37.0 Å². The van der Waals surface area contributed by atoms with Crippen LogP contribution in [0.15, 0.2) is 41.3 Å². The van der Waals surface area contributed by atoms with Crippen molar-refractivity contribution in [1.82, 2.24) is 4.31 Å². The van der Waals surface area contributed by atoms with Crippen molar-refractivity contribution >= 4 is 50.5 Å². The largest absolute Gasteiger partial charge is 0.379 e. The van der Waals surface area contributed by atoms with Crippen LogP contribution in [0.1, 0.15) is 23.2 Å². The normalized spacial score (nSPS) is 17.7. The second-order valence-corrected chi connectivity index (χ2v) is 10.2. The van der Waals surface area contributed by atoms with Gasteiger partial charge in [0.05, 0.1) is 40.1 Å². The van der Waals surface area contributed by atoms with E-state index in [-0.39, 0.29) is 15.5 Å². The lowest BCUT2D eigenvalue weighted by atomic mass is 10.2. The second-order valence-electron chi connectivity index (χ2n) is 7.47. The summed E-state index contributed by atoms with van der Waals surface area (Å²) < 4.78 is 32.9. The number of hydrogen-bond donors (Lipinski definition) is 1. The summed E-state index contributed by atoms with van der Waals surface area (Å²) in [5.41, 5.74) is 1.44. The molecule has 1 amide bonds. The number of amides is 1. The summed E-state index contributed by atoms with van der Waals surface area (Å²) in [4.78, 5) is 15.2. The summed E-state index contributed by atoms with van der Waals surface area (Å²) in [6, 6.07) is 9.53. The van der Waals surface area contributed by atoms with Gasteiger partial charge in [0.25, 0.3) is 5.91 Å². The predicted molar refractivity (Wildman–Crippen MR) is 122 cm³/mol. The van der Waals surface area contributed by atoms with Crippen molar-refractivity contribution in [3.05, 3.63) is 52.0 Å². The van der Waals surface area contributed by atoms with Gasteiger partial charge in [-0.3, -0.25) is 4.79 Å². The Balaban J connectivity index is 1.70. The Morgan fingerprint density at radius 2 is 1.68 bits per heavy atom. The third kappa shape index (κ3) is 4.83. The Morgan fingerprint density at radius 1 is 0.968 bits per heavy atom.